The zero-order valence-corrected chi connectivity index (χ0v) is 12.3. The Balaban J connectivity index is 2.25. The van der Waals surface area contributed by atoms with E-state index in [0.29, 0.717) is 11.5 Å². The van der Waals surface area contributed by atoms with Crippen molar-refractivity contribution >= 4 is 22.7 Å². The number of hydrogen-bond donors (Lipinski definition) is 1. The maximum Gasteiger partial charge on any atom is 0.205 e. The van der Waals surface area contributed by atoms with Crippen molar-refractivity contribution < 1.29 is 4.39 Å². The van der Waals surface area contributed by atoms with Crippen LogP contribution in [0.15, 0.2) is 36.4 Å². The van der Waals surface area contributed by atoms with E-state index in [1.165, 1.54) is 17.7 Å². The molecule has 0 saturated carbocycles. The van der Waals surface area contributed by atoms with Crippen molar-refractivity contribution in [2.45, 2.75) is 6.92 Å². The highest BCUT2D eigenvalue weighted by Gasteiger charge is 2.12. The van der Waals surface area contributed by atoms with Gasteiger partial charge < -0.3 is 10.6 Å². The summed E-state index contributed by atoms with van der Waals surface area (Å²) in [5.74, 6) is 0.0363. The van der Waals surface area contributed by atoms with E-state index in [-0.39, 0.29) is 5.82 Å². The molecule has 0 unspecified atom stereocenters. The molecule has 2 N–H and O–H groups in total. The van der Waals surface area contributed by atoms with Crippen molar-refractivity contribution in [1.29, 1.82) is 0 Å². The number of anilines is 2. The fourth-order valence-corrected chi connectivity index (χ4v) is 2.56. The van der Waals surface area contributed by atoms with Crippen LogP contribution in [0.5, 0.6) is 0 Å². The van der Waals surface area contributed by atoms with Crippen LogP contribution >= 0.6 is 0 Å². The Morgan fingerprint density at radius 3 is 2.62 bits per heavy atom. The van der Waals surface area contributed by atoms with Crippen LogP contribution in [0.3, 0.4) is 0 Å². The Morgan fingerprint density at radius 1 is 1.14 bits per heavy atom. The number of nitrogen functional groups attached to an aromatic ring is 1. The summed E-state index contributed by atoms with van der Waals surface area (Å²) in [6, 6.07) is 10.6. The summed E-state index contributed by atoms with van der Waals surface area (Å²) in [4.78, 5) is 6.28. The first kappa shape index (κ1) is 13.4. The van der Waals surface area contributed by atoms with Gasteiger partial charge in [-0.3, -0.25) is 4.57 Å². The monoisotopic (exact) mass is 284 g/mol. The average molecular weight is 284 g/mol. The highest BCUT2D eigenvalue weighted by Crippen LogP contribution is 2.27. The van der Waals surface area contributed by atoms with Crippen LogP contribution in [0.25, 0.3) is 16.7 Å². The molecule has 0 spiro atoms. The van der Waals surface area contributed by atoms with Gasteiger partial charge in [0.05, 0.1) is 16.7 Å². The second-order valence-corrected chi connectivity index (χ2v) is 5.30. The van der Waals surface area contributed by atoms with Crippen molar-refractivity contribution in [3.05, 3.63) is 47.8 Å². The third-order valence-corrected chi connectivity index (χ3v) is 3.58. The van der Waals surface area contributed by atoms with Gasteiger partial charge in [0.25, 0.3) is 0 Å². The third-order valence-electron chi connectivity index (χ3n) is 3.58. The van der Waals surface area contributed by atoms with Gasteiger partial charge in [0.15, 0.2) is 0 Å². The summed E-state index contributed by atoms with van der Waals surface area (Å²) >= 11 is 0. The Kier molecular flexibility index (Phi) is 3.05. The van der Waals surface area contributed by atoms with Crippen molar-refractivity contribution in [3.63, 3.8) is 0 Å². The number of aryl methyl sites for hydroxylation is 1. The molecule has 0 radical (unpaired) electrons. The van der Waals surface area contributed by atoms with Crippen LogP contribution < -0.4 is 10.6 Å². The van der Waals surface area contributed by atoms with Crippen LogP contribution in [0, 0.1) is 12.7 Å². The standard InChI is InChI=1S/C16H17FN4/c1-10-4-6-12(9-15(10)20(2)3)21-14-7-5-11(17)8-13(14)19-16(21)18/h4-9H,1-3H3,(H2,18,19). The van der Waals surface area contributed by atoms with E-state index in [0.717, 1.165) is 16.9 Å². The fraction of sp³-hybridized carbons (Fsp3) is 0.188. The highest BCUT2D eigenvalue weighted by atomic mass is 19.1. The molecule has 3 rings (SSSR count). The summed E-state index contributed by atoms with van der Waals surface area (Å²) in [7, 11) is 3.99. The number of halogens is 1. The van der Waals surface area contributed by atoms with Crippen LogP contribution in [0.2, 0.25) is 0 Å². The van der Waals surface area contributed by atoms with E-state index in [4.69, 9.17) is 5.73 Å². The van der Waals surface area contributed by atoms with E-state index in [2.05, 4.69) is 18.0 Å². The molecule has 2 aromatic carbocycles. The minimum absolute atomic E-state index is 0.315. The number of hydrogen-bond acceptors (Lipinski definition) is 3. The van der Waals surface area contributed by atoms with Gasteiger partial charge in [-0.05, 0) is 36.8 Å². The Hall–Kier alpha value is -2.56. The highest BCUT2D eigenvalue weighted by molar-refractivity contribution is 5.81. The largest absolute Gasteiger partial charge is 0.377 e. The van der Waals surface area contributed by atoms with Crippen molar-refractivity contribution in [1.82, 2.24) is 9.55 Å². The minimum Gasteiger partial charge on any atom is -0.377 e. The van der Waals surface area contributed by atoms with Gasteiger partial charge in [-0.25, -0.2) is 9.37 Å². The molecule has 0 fully saturated rings. The minimum atomic E-state index is -0.315. The zero-order chi connectivity index (χ0) is 15.1. The predicted molar refractivity (Wildman–Crippen MR) is 84.5 cm³/mol. The topological polar surface area (TPSA) is 47.1 Å². The van der Waals surface area contributed by atoms with E-state index >= 15 is 0 Å². The number of rotatable bonds is 2. The number of nitrogens with two attached hydrogens (primary N) is 1. The molecule has 0 atom stereocenters. The lowest BCUT2D eigenvalue weighted by Gasteiger charge is -2.17. The molecule has 0 saturated heterocycles. The average Bonchev–Trinajstić information content (AvgIpc) is 2.74. The van der Waals surface area contributed by atoms with Gasteiger partial charge in [0.1, 0.15) is 5.82 Å². The third kappa shape index (κ3) is 2.20. The molecule has 4 nitrogen and oxygen atoms in total. The van der Waals surface area contributed by atoms with Crippen LogP contribution in [-0.2, 0) is 0 Å². The first-order valence-corrected chi connectivity index (χ1v) is 6.69. The summed E-state index contributed by atoms with van der Waals surface area (Å²) in [5, 5.41) is 0. The fourth-order valence-electron chi connectivity index (χ4n) is 2.56. The summed E-state index contributed by atoms with van der Waals surface area (Å²) in [5.41, 5.74) is 10.6. The first-order valence-electron chi connectivity index (χ1n) is 6.69. The van der Waals surface area contributed by atoms with Crippen LogP contribution in [0.1, 0.15) is 5.56 Å². The molecule has 0 amide bonds. The van der Waals surface area contributed by atoms with Gasteiger partial charge in [-0.15, -0.1) is 0 Å². The molecule has 5 heteroatoms. The summed E-state index contributed by atoms with van der Waals surface area (Å²) in [6.45, 7) is 2.06. The Labute approximate surface area is 122 Å². The van der Waals surface area contributed by atoms with Gasteiger partial charge >= 0.3 is 0 Å². The van der Waals surface area contributed by atoms with Crippen LogP contribution in [0.4, 0.5) is 16.0 Å². The molecule has 0 aliphatic rings. The normalized spacial score (nSPS) is 11.0. The molecule has 108 valence electrons. The first-order chi connectivity index (χ1) is 9.97. The van der Waals surface area contributed by atoms with E-state index in [9.17, 15) is 4.39 Å². The van der Waals surface area contributed by atoms with Crippen LogP contribution in [-0.4, -0.2) is 23.6 Å². The van der Waals surface area contributed by atoms with Gasteiger partial charge in [-0.2, -0.15) is 0 Å². The van der Waals surface area contributed by atoms with Gasteiger partial charge in [0.2, 0.25) is 5.95 Å². The molecule has 3 aromatic rings. The maximum atomic E-state index is 13.3. The lowest BCUT2D eigenvalue weighted by molar-refractivity contribution is 0.629. The van der Waals surface area contributed by atoms with Crippen molar-refractivity contribution in [2.24, 2.45) is 0 Å². The quantitative estimate of drug-likeness (QED) is 0.786. The van der Waals surface area contributed by atoms with E-state index < -0.39 is 0 Å². The summed E-state index contributed by atoms with van der Waals surface area (Å²) < 4.78 is 15.1. The van der Waals surface area contributed by atoms with E-state index in [1.54, 1.807) is 6.07 Å². The molecule has 0 aliphatic heterocycles. The lowest BCUT2D eigenvalue weighted by Crippen LogP contribution is -2.11. The molecule has 0 aliphatic carbocycles. The maximum absolute atomic E-state index is 13.3. The molecule has 0 bridgehead atoms. The number of aromatic nitrogens is 2. The molecular formula is C16H17FN4. The second-order valence-electron chi connectivity index (χ2n) is 5.30. The van der Waals surface area contributed by atoms with E-state index in [1.807, 2.05) is 35.7 Å². The number of benzene rings is 2. The predicted octanol–water partition coefficient (Wildman–Crippen LogP) is 3.12. The molecular weight excluding hydrogens is 267 g/mol. The smallest absolute Gasteiger partial charge is 0.205 e. The number of imidazole rings is 1. The van der Waals surface area contributed by atoms with Gasteiger partial charge in [-0.1, -0.05) is 6.07 Å². The lowest BCUT2D eigenvalue weighted by atomic mass is 10.1. The van der Waals surface area contributed by atoms with Crippen molar-refractivity contribution in [2.75, 3.05) is 24.7 Å². The summed E-state index contributed by atoms with van der Waals surface area (Å²) in [6.07, 6.45) is 0. The van der Waals surface area contributed by atoms with Gasteiger partial charge in [0, 0.05) is 25.8 Å². The Bertz CT molecular complexity index is 821. The number of nitrogens with zero attached hydrogens (tertiary/aromatic N) is 3. The molecule has 21 heavy (non-hydrogen) atoms. The molecule has 1 aromatic heterocycles. The van der Waals surface area contributed by atoms with Crippen molar-refractivity contribution in [3.8, 4) is 5.69 Å². The zero-order valence-electron chi connectivity index (χ0n) is 12.3. The molecule has 1 heterocycles. The SMILES string of the molecule is Cc1ccc(-n2c(N)nc3cc(F)ccc32)cc1N(C)C. The second kappa shape index (κ2) is 4.77. The Morgan fingerprint density at radius 2 is 1.90 bits per heavy atom. The number of fused-ring (bicyclic) bond motifs is 1.